The second kappa shape index (κ2) is 5.75. The molecule has 1 aromatic carbocycles. The summed E-state index contributed by atoms with van der Waals surface area (Å²) in [4.78, 5) is 11.3. The van der Waals surface area contributed by atoms with E-state index in [0.717, 1.165) is 5.56 Å². The SMILES string of the molecule is Cc1ccc(CNCC(=O)C(C)C)cc1F. The minimum atomic E-state index is -0.200. The van der Waals surface area contributed by atoms with Crippen LogP contribution in [0.5, 0.6) is 0 Å². The highest BCUT2D eigenvalue weighted by Crippen LogP contribution is 2.08. The number of Topliss-reactive ketones (excluding diaryl/α,β-unsaturated/α-hetero) is 1. The molecule has 2 nitrogen and oxygen atoms in total. The molecule has 0 aliphatic carbocycles. The van der Waals surface area contributed by atoms with Crippen molar-refractivity contribution in [2.45, 2.75) is 27.3 Å². The minimum Gasteiger partial charge on any atom is -0.306 e. The number of hydrogen-bond donors (Lipinski definition) is 1. The summed E-state index contributed by atoms with van der Waals surface area (Å²) in [6.07, 6.45) is 0. The fraction of sp³-hybridized carbons (Fsp3) is 0.462. The van der Waals surface area contributed by atoms with Gasteiger partial charge in [0.05, 0.1) is 6.54 Å². The number of aryl methyl sites for hydroxylation is 1. The van der Waals surface area contributed by atoms with E-state index in [9.17, 15) is 9.18 Å². The molecule has 3 heteroatoms. The van der Waals surface area contributed by atoms with E-state index >= 15 is 0 Å². The van der Waals surface area contributed by atoms with E-state index in [0.29, 0.717) is 18.7 Å². The van der Waals surface area contributed by atoms with E-state index in [-0.39, 0.29) is 17.5 Å². The molecule has 0 fully saturated rings. The summed E-state index contributed by atoms with van der Waals surface area (Å²) < 4.78 is 13.2. The van der Waals surface area contributed by atoms with E-state index in [4.69, 9.17) is 0 Å². The highest BCUT2D eigenvalue weighted by Gasteiger charge is 2.06. The molecule has 0 radical (unpaired) electrons. The van der Waals surface area contributed by atoms with Gasteiger partial charge in [-0.3, -0.25) is 4.79 Å². The molecule has 0 heterocycles. The first-order valence-corrected chi connectivity index (χ1v) is 5.49. The average molecular weight is 223 g/mol. The Morgan fingerprint density at radius 3 is 2.69 bits per heavy atom. The number of nitrogens with one attached hydrogen (secondary N) is 1. The molecule has 0 spiro atoms. The van der Waals surface area contributed by atoms with Crippen molar-refractivity contribution in [3.8, 4) is 0 Å². The second-order valence-corrected chi connectivity index (χ2v) is 4.31. The van der Waals surface area contributed by atoms with E-state index in [1.807, 2.05) is 19.9 Å². The molecule has 0 atom stereocenters. The molecule has 0 amide bonds. The number of ketones is 1. The van der Waals surface area contributed by atoms with Crippen molar-refractivity contribution in [1.29, 1.82) is 0 Å². The Hall–Kier alpha value is -1.22. The van der Waals surface area contributed by atoms with Crippen molar-refractivity contribution < 1.29 is 9.18 Å². The third kappa shape index (κ3) is 3.74. The number of carbonyl (C=O) groups is 1. The summed E-state index contributed by atoms with van der Waals surface area (Å²) in [5, 5.41) is 3.01. The molecular weight excluding hydrogens is 205 g/mol. The molecule has 0 saturated heterocycles. The van der Waals surface area contributed by atoms with Crippen molar-refractivity contribution in [2.24, 2.45) is 5.92 Å². The van der Waals surface area contributed by atoms with Gasteiger partial charge in [-0.1, -0.05) is 26.0 Å². The van der Waals surface area contributed by atoms with Crippen LogP contribution in [-0.4, -0.2) is 12.3 Å². The number of rotatable bonds is 5. The maximum absolute atomic E-state index is 13.2. The first kappa shape index (κ1) is 12.8. The fourth-order valence-corrected chi connectivity index (χ4v) is 1.28. The van der Waals surface area contributed by atoms with Gasteiger partial charge in [-0.05, 0) is 24.1 Å². The smallest absolute Gasteiger partial charge is 0.149 e. The van der Waals surface area contributed by atoms with Crippen LogP contribution in [0.3, 0.4) is 0 Å². The molecule has 16 heavy (non-hydrogen) atoms. The quantitative estimate of drug-likeness (QED) is 0.830. The largest absolute Gasteiger partial charge is 0.306 e. The normalized spacial score (nSPS) is 10.8. The van der Waals surface area contributed by atoms with Crippen LogP contribution in [-0.2, 0) is 11.3 Å². The van der Waals surface area contributed by atoms with Gasteiger partial charge in [0.2, 0.25) is 0 Å². The standard InChI is InChI=1S/C13H18FNO/c1-9(2)13(16)8-15-7-11-5-4-10(3)12(14)6-11/h4-6,9,15H,7-8H2,1-3H3. The van der Waals surface area contributed by atoms with Crippen molar-refractivity contribution >= 4 is 5.78 Å². The number of hydrogen-bond acceptors (Lipinski definition) is 2. The Morgan fingerprint density at radius 2 is 2.12 bits per heavy atom. The third-order valence-electron chi connectivity index (χ3n) is 2.51. The second-order valence-electron chi connectivity index (χ2n) is 4.31. The van der Waals surface area contributed by atoms with Gasteiger partial charge >= 0.3 is 0 Å². The zero-order valence-electron chi connectivity index (χ0n) is 10.0. The lowest BCUT2D eigenvalue weighted by molar-refractivity contribution is -0.121. The van der Waals surface area contributed by atoms with Gasteiger partial charge in [0.25, 0.3) is 0 Å². The van der Waals surface area contributed by atoms with Crippen molar-refractivity contribution in [3.05, 3.63) is 35.1 Å². The Kier molecular flexibility index (Phi) is 4.62. The molecule has 1 N–H and O–H groups in total. The lowest BCUT2D eigenvalue weighted by atomic mass is 10.1. The fourth-order valence-electron chi connectivity index (χ4n) is 1.28. The van der Waals surface area contributed by atoms with Crippen LogP contribution in [0.1, 0.15) is 25.0 Å². The Balaban J connectivity index is 2.43. The molecule has 1 rings (SSSR count). The van der Waals surface area contributed by atoms with Crippen LogP contribution in [0.4, 0.5) is 4.39 Å². The van der Waals surface area contributed by atoms with Gasteiger partial charge in [0, 0.05) is 12.5 Å². The van der Waals surface area contributed by atoms with Crippen LogP contribution >= 0.6 is 0 Å². The molecule has 0 bridgehead atoms. The average Bonchev–Trinajstić information content (AvgIpc) is 2.23. The monoisotopic (exact) mass is 223 g/mol. The minimum absolute atomic E-state index is 0.0438. The van der Waals surface area contributed by atoms with Crippen LogP contribution in [0.15, 0.2) is 18.2 Å². The van der Waals surface area contributed by atoms with Gasteiger partial charge < -0.3 is 5.32 Å². The maximum Gasteiger partial charge on any atom is 0.149 e. The molecule has 88 valence electrons. The summed E-state index contributed by atoms with van der Waals surface area (Å²) in [5.41, 5.74) is 1.50. The lowest BCUT2D eigenvalue weighted by Crippen LogP contribution is -2.25. The van der Waals surface area contributed by atoms with Crippen LogP contribution < -0.4 is 5.32 Å². The van der Waals surface area contributed by atoms with Crippen LogP contribution in [0, 0.1) is 18.7 Å². The summed E-state index contributed by atoms with van der Waals surface area (Å²) in [6, 6.07) is 5.12. The van der Waals surface area contributed by atoms with E-state index in [2.05, 4.69) is 5.32 Å². The topological polar surface area (TPSA) is 29.1 Å². The predicted octanol–water partition coefficient (Wildman–Crippen LogP) is 2.45. The highest BCUT2D eigenvalue weighted by molar-refractivity contribution is 5.82. The highest BCUT2D eigenvalue weighted by atomic mass is 19.1. The summed E-state index contributed by atoms with van der Waals surface area (Å²) in [7, 11) is 0. The molecule has 1 aromatic rings. The zero-order valence-corrected chi connectivity index (χ0v) is 10.0. The first-order chi connectivity index (χ1) is 7.50. The van der Waals surface area contributed by atoms with E-state index in [1.165, 1.54) is 6.07 Å². The predicted molar refractivity (Wildman–Crippen MR) is 62.7 cm³/mol. The number of halogens is 1. The zero-order chi connectivity index (χ0) is 12.1. The summed E-state index contributed by atoms with van der Waals surface area (Å²) in [5.74, 6) is 0.0179. The molecule has 0 aliphatic rings. The summed E-state index contributed by atoms with van der Waals surface area (Å²) in [6.45, 7) is 6.34. The summed E-state index contributed by atoms with van der Waals surface area (Å²) >= 11 is 0. The number of carbonyl (C=O) groups excluding carboxylic acids is 1. The molecule has 0 saturated carbocycles. The molecule has 0 aliphatic heterocycles. The van der Waals surface area contributed by atoms with Crippen LogP contribution in [0.2, 0.25) is 0 Å². The Morgan fingerprint density at radius 1 is 1.44 bits per heavy atom. The Bertz CT molecular complexity index is 374. The number of benzene rings is 1. The van der Waals surface area contributed by atoms with Gasteiger partial charge in [0.1, 0.15) is 11.6 Å². The van der Waals surface area contributed by atoms with Crippen molar-refractivity contribution in [2.75, 3.05) is 6.54 Å². The van der Waals surface area contributed by atoms with Crippen LogP contribution in [0.25, 0.3) is 0 Å². The van der Waals surface area contributed by atoms with Gasteiger partial charge in [0.15, 0.2) is 0 Å². The molecule has 0 unspecified atom stereocenters. The van der Waals surface area contributed by atoms with E-state index < -0.39 is 0 Å². The van der Waals surface area contributed by atoms with Gasteiger partial charge in [-0.15, -0.1) is 0 Å². The van der Waals surface area contributed by atoms with E-state index in [1.54, 1.807) is 13.0 Å². The molecule has 0 aromatic heterocycles. The van der Waals surface area contributed by atoms with Gasteiger partial charge in [-0.25, -0.2) is 4.39 Å². The lowest BCUT2D eigenvalue weighted by Gasteiger charge is -2.07. The first-order valence-electron chi connectivity index (χ1n) is 5.49. The van der Waals surface area contributed by atoms with Gasteiger partial charge in [-0.2, -0.15) is 0 Å². The Labute approximate surface area is 95.9 Å². The third-order valence-corrected chi connectivity index (χ3v) is 2.51. The maximum atomic E-state index is 13.2. The molecular formula is C13H18FNO. The van der Waals surface area contributed by atoms with Crippen molar-refractivity contribution in [1.82, 2.24) is 5.32 Å². The van der Waals surface area contributed by atoms with Crippen molar-refractivity contribution in [3.63, 3.8) is 0 Å².